The number of hydrogen-bond donors (Lipinski definition) is 1. The van der Waals surface area contributed by atoms with Crippen LogP contribution in [0, 0.1) is 0 Å². The standard InChI is InChI=1S/C17H31N3O2/c1-3-22-14-13-19-9-11-20(12-10-19)17(21)8-7-16(18-2)15-5-4-6-15/h18H,3-14H2,1-2H3. The Morgan fingerprint density at radius 2 is 1.91 bits per heavy atom. The maximum absolute atomic E-state index is 12.3. The van der Waals surface area contributed by atoms with Crippen LogP contribution in [0.15, 0.2) is 11.3 Å². The Balaban J connectivity index is 1.66. The van der Waals surface area contributed by atoms with E-state index < -0.39 is 0 Å². The molecule has 1 heterocycles. The van der Waals surface area contributed by atoms with Crippen LogP contribution in [0.2, 0.25) is 0 Å². The minimum atomic E-state index is 0.303. The lowest BCUT2D eigenvalue weighted by atomic mass is 9.89. The first-order valence-corrected chi connectivity index (χ1v) is 8.71. The van der Waals surface area contributed by atoms with Gasteiger partial charge in [-0.3, -0.25) is 9.69 Å². The van der Waals surface area contributed by atoms with Crippen molar-refractivity contribution in [1.82, 2.24) is 15.1 Å². The molecule has 0 atom stereocenters. The lowest BCUT2D eigenvalue weighted by Gasteiger charge is -2.34. The largest absolute Gasteiger partial charge is 0.391 e. The number of allylic oxidation sites excluding steroid dienone is 2. The summed E-state index contributed by atoms with van der Waals surface area (Å²) in [5, 5.41) is 3.28. The smallest absolute Gasteiger partial charge is 0.223 e. The molecule has 0 unspecified atom stereocenters. The summed E-state index contributed by atoms with van der Waals surface area (Å²) >= 11 is 0. The Morgan fingerprint density at radius 1 is 1.18 bits per heavy atom. The third-order valence-electron chi connectivity index (χ3n) is 4.76. The molecule has 5 nitrogen and oxygen atoms in total. The summed E-state index contributed by atoms with van der Waals surface area (Å²) in [4.78, 5) is 16.8. The Hall–Kier alpha value is -1.07. The van der Waals surface area contributed by atoms with Crippen LogP contribution < -0.4 is 5.32 Å². The van der Waals surface area contributed by atoms with Crippen molar-refractivity contribution in [3.63, 3.8) is 0 Å². The van der Waals surface area contributed by atoms with Crippen LogP contribution in [0.3, 0.4) is 0 Å². The summed E-state index contributed by atoms with van der Waals surface area (Å²) in [6.45, 7) is 8.23. The second kappa shape index (κ2) is 9.16. The molecule has 0 bridgehead atoms. The quantitative estimate of drug-likeness (QED) is 0.692. The second-order valence-electron chi connectivity index (χ2n) is 6.11. The second-order valence-corrected chi connectivity index (χ2v) is 6.11. The molecule has 1 saturated heterocycles. The average molecular weight is 309 g/mol. The Bertz CT molecular complexity index is 381. The van der Waals surface area contributed by atoms with Crippen LogP contribution in [-0.4, -0.2) is 68.7 Å². The van der Waals surface area contributed by atoms with E-state index in [4.69, 9.17) is 4.74 Å². The normalized spacial score (nSPS) is 19.0. The van der Waals surface area contributed by atoms with Crippen LogP contribution in [0.4, 0.5) is 0 Å². The molecular formula is C17H31N3O2. The highest BCUT2D eigenvalue weighted by atomic mass is 16.5. The van der Waals surface area contributed by atoms with Gasteiger partial charge in [0.05, 0.1) is 6.61 Å². The lowest BCUT2D eigenvalue weighted by molar-refractivity contribution is -0.133. The van der Waals surface area contributed by atoms with E-state index in [1.807, 2.05) is 18.9 Å². The van der Waals surface area contributed by atoms with Crippen molar-refractivity contribution in [3.05, 3.63) is 11.3 Å². The molecule has 5 heteroatoms. The fourth-order valence-corrected chi connectivity index (χ4v) is 3.08. The van der Waals surface area contributed by atoms with Crippen molar-refractivity contribution in [3.8, 4) is 0 Å². The highest BCUT2D eigenvalue weighted by Crippen LogP contribution is 2.29. The van der Waals surface area contributed by atoms with Gasteiger partial charge in [-0.1, -0.05) is 5.57 Å². The minimum absolute atomic E-state index is 0.303. The molecule has 126 valence electrons. The van der Waals surface area contributed by atoms with Crippen LogP contribution in [0.1, 0.15) is 39.0 Å². The lowest BCUT2D eigenvalue weighted by Crippen LogP contribution is -2.49. The summed E-state index contributed by atoms with van der Waals surface area (Å²) in [5.74, 6) is 0.303. The van der Waals surface area contributed by atoms with Crippen molar-refractivity contribution < 1.29 is 9.53 Å². The topological polar surface area (TPSA) is 44.8 Å². The summed E-state index contributed by atoms with van der Waals surface area (Å²) in [6.07, 6.45) is 5.23. The number of nitrogens with one attached hydrogen (secondary N) is 1. The zero-order valence-corrected chi connectivity index (χ0v) is 14.2. The number of piperazine rings is 1. The van der Waals surface area contributed by atoms with Gasteiger partial charge in [0.25, 0.3) is 0 Å². The van der Waals surface area contributed by atoms with Crippen LogP contribution in [-0.2, 0) is 9.53 Å². The molecule has 0 aromatic rings. The first-order chi connectivity index (χ1) is 10.7. The molecule has 1 amide bonds. The van der Waals surface area contributed by atoms with Gasteiger partial charge in [-0.25, -0.2) is 0 Å². The van der Waals surface area contributed by atoms with E-state index in [-0.39, 0.29) is 0 Å². The van der Waals surface area contributed by atoms with E-state index in [0.717, 1.165) is 52.4 Å². The summed E-state index contributed by atoms with van der Waals surface area (Å²) < 4.78 is 5.39. The Morgan fingerprint density at radius 3 is 2.45 bits per heavy atom. The summed E-state index contributed by atoms with van der Waals surface area (Å²) in [7, 11) is 1.97. The van der Waals surface area contributed by atoms with Gasteiger partial charge in [0, 0.05) is 58.5 Å². The van der Waals surface area contributed by atoms with Gasteiger partial charge >= 0.3 is 0 Å². The monoisotopic (exact) mass is 309 g/mol. The predicted molar refractivity (Wildman–Crippen MR) is 88.7 cm³/mol. The van der Waals surface area contributed by atoms with Gasteiger partial charge in [-0.2, -0.15) is 0 Å². The van der Waals surface area contributed by atoms with Gasteiger partial charge in [-0.15, -0.1) is 0 Å². The molecule has 1 aliphatic carbocycles. The van der Waals surface area contributed by atoms with Crippen molar-refractivity contribution >= 4 is 5.91 Å². The number of ether oxygens (including phenoxy) is 1. The van der Waals surface area contributed by atoms with E-state index in [0.29, 0.717) is 12.3 Å². The maximum Gasteiger partial charge on any atom is 0.223 e. The van der Waals surface area contributed by atoms with Crippen molar-refractivity contribution in [1.29, 1.82) is 0 Å². The number of rotatable bonds is 8. The zero-order chi connectivity index (χ0) is 15.8. The molecule has 0 radical (unpaired) electrons. The van der Waals surface area contributed by atoms with Gasteiger partial charge < -0.3 is 15.0 Å². The Labute approximate surface area is 134 Å². The molecule has 1 N–H and O–H groups in total. The molecule has 2 rings (SSSR count). The van der Waals surface area contributed by atoms with E-state index in [9.17, 15) is 4.79 Å². The first kappa shape index (κ1) is 17.3. The molecule has 0 spiro atoms. The molecule has 2 aliphatic rings. The van der Waals surface area contributed by atoms with Crippen molar-refractivity contribution in [2.45, 2.75) is 39.0 Å². The van der Waals surface area contributed by atoms with E-state index >= 15 is 0 Å². The van der Waals surface area contributed by atoms with Gasteiger partial charge in [0.1, 0.15) is 0 Å². The number of hydrogen-bond acceptors (Lipinski definition) is 4. The van der Waals surface area contributed by atoms with Crippen molar-refractivity contribution in [2.24, 2.45) is 0 Å². The number of carbonyl (C=O) groups is 1. The highest BCUT2D eigenvalue weighted by molar-refractivity contribution is 5.76. The zero-order valence-electron chi connectivity index (χ0n) is 14.2. The van der Waals surface area contributed by atoms with E-state index in [1.54, 1.807) is 0 Å². The summed E-state index contributed by atoms with van der Waals surface area (Å²) in [6, 6.07) is 0. The maximum atomic E-state index is 12.3. The molecule has 2 fully saturated rings. The number of amides is 1. The first-order valence-electron chi connectivity index (χ1n) is 8.71. The van der Waals surface area contributed by atoms with E-state index in [2.05, 4.69) is 10.2 Å². The van der Waals surface area contributed by atoms with Gasteiger partial charge in [0.2, 0.25) is 5.91 Å². The fraction of sp³-hybridized carbons (Fsp3) is 0.824. The third-order valence-corrected chi connectivity index (χ3v) is 4.76. The molecule has 0 aromatic carbocycles. The highest BCUT2D eigenvalue weighted by Gasteiger charge is 2.21. The fourth-order valence-electron chi connectivity index (χ4n) is 3.08. The molecular weight excluding hydrogens is 278 g/mol. The third kappa shape index (κ3) is 4.99. The predicted octanol–water partition coefficient (Wildman–Crippen LogP) is 1.60. The molecule has 1 saturated carbocycles. The molecule has 0 aromatic heterocycles. The van der Waals surface area contributed by atoms with Crippen LogP contribution in [0.5, 0.6) is 0 Å². The summed E-state index contributed by atoms with van der Waals surface area (Å²) in [5.41, 5.74) is 2.82. The Kier molecular flexibility index (Phi) is 7.19. The number of nitrogens with zero attached hydrogens (tertiary/aromatic N) is 2. The van der Waals surface area contributed by atoms with E-state index in [1.165, 1.54) is 30.5 Å². The SMILES string of the molecule is CCOCCN1CCN(C(=O)CCC(NC)=C2CCC2)CC1. The van der Waals surface area contributed by atoms with Gasteiger partial charge in [0.15, 0.2) is 0 Å². The van der Waals surface area contributed by atoms with Crippen LogP contribution >= 0.6 is 0 Å². The number of carbonyl (C=O) groups excluding carboxylic acids is 1. The van der Waals surface area contributed by atoms with Gasteiger partial charge in [-0.05, 0) is 32.6 Å². The minimum Gasteiger partial charge on any atom is -0.391 e. The molecule has 1 aliphatic heterocycles. The average Bonchev–Trinajstić information content (AvgIpc) is 2.50. The van der Waals surface area contributed by atoms with Crippen LogP contribution in [0.25, 0.3) is 0 Å². The van der Waals surface area contributed by atoms with Crippen molar-refractivity contribution in [2.75, 3.05) is 53.0 Å². The molecule has 22 heavy (non-hydrogen) atoms.